The summed E-state index contributed by atoms with van der Waals surface area (Å²) in [5.74, 6) is -0.225. The highest BCUT2D eigenvalue weighted by Crippen LogP contribution is 2.18. The predicted molar refractivity (Wildman–Crippen MR) is 117 cm³/mol. The van der Waals surface area contributed by atoms with Crippen molar-refractivity contribution in [2.75, 3.05) is 16.4 Å². The van der Waals surface area contributed by atoms with Gasteiger partial charge in [-0.05, 0) is 67.2 Å². The van der Waals surface area contributed by atoms with Crippen LogP contribution in [-0.2, 0) is 6.54 Å². The van der Waals surface area contributed by atoms with Gasteiger partial charge >= 0.3 is 0 Å². The van der Waals surface area contributed by atoms with Gasteiger partial charge < -0.3 is 21.7 Å². The van der Waals surface area contributed by atoms with Crippen LogP contribution < -0.4 is 21.7 Å². The fourth-order valence-corrected chi connectivity index (χ4v) is 2.66. The first-order chi connectivity index (χ1) is 13.5. The van der Waals surface area contributed by atoms with Crippen molar-refractivity contribution in [3.63, 3.8) is 0 Å². The molecule has 0 bridgehead atoms. The van der Waals surface area contributed by atoms with E-state index >= 15 is 0 Å². The average molecular weight is 392 g/mol. The van der Waals surface area contributed by atoms with Crippen LogP contribution in [0, 0.1) is 6.92 Å². The van der Waals surface area contributed by atoms with Crippen molar-refractivity contribution in [3.05, 3.63) is 83.7 Å². The zero-order chi connectivity index (χ0) is 19.9. The molecule has 1 aromatic heterocycles. The molecule has 0 spiro atoms. The molecule has 28 heavy (non-hydrogen) atoms. The Hall–Kier alpha value is -3.45. The number of aromatic nitrogens is 1. The van der Waals surface area contributed by atoms with Crippen LogP contribution in [0.2, 0.25) is 0 Å². The van der Waals surface area contributed by atoms with Crippen molar-refractivity contribution in [3.8, 4) is 0 Å². The van der Waals surface area contributed by atoms with Crippen molar-refractivity contribution in [1.29, 1.82) is 0 Å². The number of pyridine rings is 1. The molecule has 0 radical (unpaired) electrons. The summed E-state index contributed by atoms with van der Waals surface area (Å²) in [6, 6.07) is 18.1. The van der Waals surface area contributed by atoms with Crippen LogP contribution in [0.4, 0.5) is 17.1 Å². The Bertz CT molecular complexity index is 971. The van der Waals surface area contributed by atoms with Gasteiger partial charge in [-0.25, -0.2) is 0 Å². The van der Waals surface area contributed by atoms with Gasteiger partial charge in [0.15, 0.2) is 5.11 Å². The molecule has 1 amide bonds. The number of benzene rings is 2. The molecule has 1 heterocycles. The largest absolute Gasteiger partial charge is 0.397 e. The van der Waals surface area contributed by atoms with Crippen molar-refractivity contribution >= 4 is 40.3 Å². The van der Waals surface area contributed by atoms with Gasteiger partial charge in [0.05, 0.1) is 11.4 Å². The first kappa shape index (κ1) is 19.3. The molecule has 0 unspecified atom stereocenters. The Morgan fingerprint density at radius 1 is 1.04 bits per heavy atom. The molecule has 0 saturated carbocycles. The van der Waals surface area contributed by atoms with Gasteiger partial charge in [-0.3, -0.25) is 9.78 Å². The third-order valence-corrected chi connectivity index (χ3v) is 4.29. The number of nitrogens with two attached hydrogens (primary N) is 1. The maximum absolute atomic E-state index is 12.4. The van der Waals surface area contributed by atoms with Crippen LogP contribution in [0.1, 0.15) is 21.6 Å². The minimum atomic E-state index is -0.225. The van der Waals surface area contributed by atoms with Crippen LogP contribution in [-0.4, -0.2) is 16.0 Å². The number of amides is 1. The molecule has 0 aliphatic rings. The van der Waals surface area contributed by atoms with E-state index in [0.29, 0.717) is 28.6 Å². The molecule has 3 aromatic rings. The van der Waals surface area contributed by atoms with E-state index in [1.165, 1.54) is 0 Å². The first-order valence-corrected chi connectivity index (χ1v) is 9.14. The quantitative estimate of drug-likeness (QED) is 0.391. The number of hydrogen-bond acceptors (Lipinski definition) is 4. The monoisotopic (exact) mass is 391 g/mol. The summed E-state index contributed by atoms with van der Waals surface area (Å²) in [7, 11) is 0. The number of nitrogen functional groups attached to an aromatic ring is 1. The molecule has 2 aromatic carbocycles. The van der Waals surface area contributed by atoms with E-state index in [0.717, 1.165) is 16.9 Å². The van der Waals surface area contributed by atoms with E-state index in [1.54, 1.807) is 36.4 Å². The highest BCUT2D eigenvalue weighted by molar-refractivity contribution is 7.80. The molecule has 0 aliphatic carbocycles. The van der Waals surface area contributed by atoms with Gasteiger partial charge in [0.25, 0.3) is 5.91 Å². The van der Waals surface area contributed by atoms with Gasteiger partial charge in [-0.1, -0.05) is 18.2 Å². The number of carbonyl (C=O) groups is 1. The fourth-order valence-electron chi connectivity index (χ4n) is 2.47. The molecule has 5 N–H and O–H groups in total. The molecule has 0 atom stereocenters. The van der Waals surface area contributed by atoms with Crippen LogP contribution >= 0.6 is 12.2 Å². The second-order valence-corrected chi connectivity index (χ2v) is 6.64. The topological polar surface area (TPSA) is 92.1 Å². The lowest BCUT2D eigenvalue weighted by molar-refractivity contribution is 0.102. The van der Waals surface area contributed by atoms with Crippen molar-refractivity contribution in [1.82, 2.24) is 10.3 Å². The second kappa shape index (κ2) is 8.96. The minimum Gasteiger partial charge on any atom is -0.397 e. The maximum Gasteiger partial charge on any atom is 0.255 e. The Morgan fingerprint density at radius 2 is 1.79 bits per heavy atom. The number of carbonyl (C=O) groups excluding carboxylic acids is 1. The van der Waals surface area contributed by atoms with Gasteiger partial charge in [0.2, 0.25) is 0 Å². The zero-order valence-corrected chi connectivity index (χ0v) is 16.2. The number of anilines is 3. The molecule has 142 valence electrons. The van der Waals surface area contributed by atoms with E-state index in [2.05, 4.69) is 20.9 Å². The maximum atomic E-state index is 12.4. The number of para-hydroxylation sites is 2. The summed E-state index contributed by atoms with van der Waals surface area (Å²) in [6.07, 6.45) is 1.82. The predicted octanol–water partition coefficient (Wildman–Crippen LogP) is 3.71. The highest BCUT2D eigenvalue weighted by Gasteiger charge is 2.08. The third-order valence-electron chi connectivity index (χ3n) is 4.04. The second-order valence-electron chi connectivity index (χ2n) is 6.23. The van der Waals surface area contributed by atoms with Gasteiger partial charge in [-0.2, -0.15) is 0 Å². The Kier molecular flexibility index (Phi) is 6.18. The molecular formula is C21H21N5OS. The third kappa shape index (κ3) is 5.28. The first-order valence-electron chi connectivity index (χ1n) is 8.73. The smallest absolute Gasteiger partial charge is 0.255 e. The summed E-state index contributed by atoms with van der Waals surface area (Å²) < 4.78 is 0. The summed E-state index contributed by atoms with van der Waals surface area (Å²) in [4.78, 5) is 16.6. The summed E-state index contributed by atoms with van der Waals surface area (Å²) in [5, 5.41) is 9.52. The number of aryl methyl sites for hydroxylation is 1. The molecule has 7 heteroatoms. The minimum absolute atomic E-state index is 0.225. The Balaban J connectivity index is 1.53. The lowest BCUT2D eigenvalue weighted by Crippen LogP contribution is -2.27. The Morgan fingerprint density at radius 3 is 2.46 bits per heavy atom. The summed E-state index contributed by atoms with van der Waals surface area (Å²) in [6.45, 7) is 2.53. The number of hydrogen-bond donors (Lipinski definition) is 4. The van der Waals surface area contributed by atoms with Crippen LogP contribution in [0.5, 0.6) is 0 Å². The standard InChI is InChI=1S/C21H21N5OS/c1-14-6-7-15(12-23-14)13-24-21(28)25-17-10-8-16(9-11-17)20(27)26-19-5-3-2-4-18(19)22/h2-12H,13,22H2,1H3,(H,26,27)(H2,24,25,28). The molecule has 0 saturated heterocycles. The van der Waals surface area contributed by atoms with Gasteiger partial charge in [0.1, 0.15) is 0 Å². The van der Waals surface area contributed by atoms with Crippen LogP contribution in [0.15, 0.2) is 66.9 Å². The lowest BCUT2D eigenvalue weighted by Gasteiger charge is -2.11. The molecular weight excluding hydrogens is 370 g/mol. The number of rotatable bonds is 5. The SMILES string of the molecule is Cc1ccc(CNC(=S)Nc2ccc(C(=O)Nc3ccccc3N)cc2)cn1. The number of nitrogens with one attached hydrogen (secondary N) is 3. The molecule has 0 fully saturated rings. The van der Waals surface area contributed by atoms with E-state index in [1.807, 2.05) is 37.4 Å². The molecule has 3 rings (SSSR count). The lowest BCUT2D eigenvalue weighted by atomic mass is 10.2. The summed E-state index contributed by atoms with van der Waals surface area (Å²) >= 11 is 5.31. The molecule has 0 aliphatic heterocycles. The normalized spacial score (nSPS) is 10.2. The van der Waals surface area contributed by atoms with Crippen molar-refractivity contribution in [2.24, 2.45) is 0 Å². The zero-order valence-electron chi connectivity index (χ0n) is 15.4. The Labute approximate surface area is 169 Å². The van der Waals surface area contributed by atoms with E-state index in [-0.39, 0.29) is 5.91 Å². The summed E-state index contributed by atoms with van der Waals surface area (Å²) in [5.41, 5.74) is 10.3. The number of thiocarbonyl (C=S) groups is 1. The van der Waals surface area contributed by atoms with Crippen molar-refractivity contribution < 1.29 is 4.79 Å². The van der Waals surface area contributed by atoms with Gasteiger partial charge in [-0.15, -0.1) is 0 Å². The average Bonchev–Trinajstić information content (AvgIpc) is 2.70. The fraction of sp³-hybridized carbons (Fsp3) is 0.0952. The van der Waals surface area contributed by atoms with E-state index in [4.69, 9.17) is 18.0 Å². The van der Waals surface area contributed by atoms with Gasteiger partial charge in [0, 0.05) is 29.7 Å². The van der Waals surface area contributed by atoms with E-state index < -0.39 is 0 Å². The van der Waals surface area contributed by atoms with E-state index in [9.17, 15) is 4.79 Å². The number of nitrogens with zero attached hydrogens (tertiary/aromatic N) is 1. The van der Waals surface area contributed by atoms with Crippen LogP contribution in [0.25, 0.3) is 0 Å². The molecule has 6 nitrogen and oxygen atoms in total. The van der Waals surface area contributed by atoms with Crippen molar-refractivity contribution in [2.45, 2.75) is 13.5 Å². The highest BCUT2D eigenvalue weighted by atomic mass is 32.1. The van der Waals surface area contributed by atoms with Crippen LogP contribution in [0.3, 0.4) is 0 Å².